The van der Waals surface area contributed by atoms with Gasteiger partial charge >= 0.3 is 6.03 Å². The molecule has 0 radical (unpaired) electrons. The molecule has 2 amide bonds. The molecule has 5 heteroatoms. The fourth-order valence-corrected chi connectivity index (χ4v) is 2.31. The number of hydrogen-bond acceptors (Lipinski definition) is 3. The van der Waals surface area contributed by atoms with Crippen molar-refractivity contribution in [3.8, 4) is 5.75 Å². The van der Waals surface area contributed by atoms with Gasteiger partial charge in [0.15, 0.2) is 0 Å². The molecule has 2 aromatic carbocycles. The third-order valence-electron chi connectivity index (χ3n) is 3.65. The number of benzene rings is 2. The molecule has 1 unspecified atom stereocenters. The zero-order valence-electron chi connectivity index (χ0n) is 14.1. The minimum atomic E-state index is -1.12. The minimum absolute atomic E-state index is 0.127. The molecule has 0 heterocycles. The van der Waals surface area contributed by atoms with Crippen LogP contribution in [0.3, 0.4) is 0 Å². The first kappa shape index (κ1) is 17.8. The second-order valence-electron chi connectivity index (χ2n) is 5.76. The maximum Gasteiger partial charge on any atom is 0.315 e. The molecule has 3 N–H and O–H groups in total. The van der Waals surface area contributed by atoms with Gasteiger partial charge in [-0.3, -0.25) is 0 Å². The summed E-state index contributed by atoms with van der Waals surface area (Å²) in [7, 11) is 0. The molecule has 0 aliphatic rings. The van der Waals surface area contributed by atoms with E-state index in [1.165, 1.54) is 0 Å². The van der Waals surface area contributed by atoms with Crippen molar-refractivity contribution in [2.75, 3.05) is 13.2 Å². The van der Waals surface area contributed by atoms with Crippen molar-refractivity contribution in [1.29, 1.82) is 0 Å². The van der Waals surface area contributed by atoms with Gasteiger partial charge in [-0.05, 0) is 37.1 Å². The van der Waals surface area contributed by atoms with Gasteiger partial charge in [-0.1, -0.05) is 42.5 Å². The Kier molecular flexibility index (Phi) is 6.21. The third kappa shape index (κ3) is 5.28. The van der Waals surface area contributed by atoms with Crippen molar-refractivity contribution in [3.05, 3.63) is 65.7 Å². The molecule has 0 spiro atoms. The molecule has 0 aromatic heterocycles. The SMILES string of the molecule is CCOc1cccc(CNC(=O)NCC(C)(O)c2ccccc2)c1. The predicted molar refractivity (Wildman–Crippen MR) is 93.9 cm³/mol. The van der Waals surface area contributed by atoms with Gasteiger partial charge in [-0.25, -0.2) is 4.79 Å². The third-order valence-corrected chi connectivity index (χ3v) is 3.65. The average molecular weight is 328 g/mol. The van der Waals surface area contributed by atoms with Crippen LogP contribution >= 0.6 is 0 Å². The van der Waals surface area contributed by atoms with E-state index < -0.39 is 5.60 Å². The lowest BCUT2D eigenvalue weighted by atomic mass is 9.96. The summed E-state index contributed by atoms with van der Waals surface area (Å²) in [6, 6.07) is 16.5. The minimum Gasteiger partial charge on any atom is -0.494 e. The van der Waals surface area contributed by atoms with Crippen LogP contribution in [0, 0.1) is 0 Å². The van der Waals surface area contributed by atoms with Crippen LogP contribution in [0.25, 0.3) is 0 Å². The number of hydrogen-bond donors (Lipinski definition) is 3. The van der Waals surface area contributed by atoms with Gasteiger partial charge in [-0.2, -0.15) is 0 Å². The predicted octanol–water partition coefficient (Wildman–Crippen LogP) is 2.79. The van der Waals surface area contributed by atoms with Gasteiger partial charge in [0.2, 0.25) is 0 Å². The summed E-state index contributed by atoms with van der Waals surface area (Å²) in [5.74, 6) is 0.782. The molecule has 128 valence electrons. The quantitative estimate of drug-likeness (QED) is 0.732. The molecule has 0 saturated heterocycles. The highest BCUT2D eigenvalue weighted by Crippen LogP contribution is 2.18. The lowest BCUT2D eigenvalue weighted by molar-refractivity contribution is 0.0594. The van der Waals surface area contributed by atoms with E-state index in [1.54, 1.807) is 6.92 Å². The van der Waals surface area contributed by atoms with Crippen LogP contribution in [0.2, 0.25) is 0 Å². The van der Waals surface area contributed by atoms with E-state index in [0.29, 0.717) is 13.2 Å². The first-order valence-electron chi connectivity index (χ1n) is 8.02. The molecule has 5 nitrogen and oxygen atoms in total. The number of carbonyl (C=O) groups is 1. The first-order chi connectivity index (χ1) is 11.5. The summed E-state index contributed by atoms with van der Waals surface area (Å²) in [5.41, 5.74) is 0.591. The topological polar surface area (TPSA) is 70.6 Å². The normalized spacial score (nSPS) is 13.0. The Hall–Kier alpha value is -2.53. The Bertz CT molecular complexity index is 657. The molecule has 2 rings (SSSR count). The number of ether oxygens (including phenoxy) is 1. The summed E-state index contributed by atoms with van der Waals surface area (Å²) in [6.07, 6.45) is 0. The van der Waals surface area contributed by atoms with Crippen molar-refractivity contribution in [1.82, 2.24) is 10.6 Å². The summed E-state index contributed by atoms with van der Waals surface area (Å²) < 4.78 is 5.43. The Morgan fingerprint density at radius 3 is 2.58 bits per heavy atom. The number of nitrogens with one attached hydrogen (secondary N) is 2. The number of urea groups is 1. The van der Waals surface area contributed by atoms with Crippen molar-refractivity contribution >= 4 is 6.03 Å². The zero-order chi connectivity index (χ0) is 17.4. The van der Waals surface area contributed by atoms with Gasteiger partial charge in [0.1, 0.15) is 11.4 Å². The van der Waals surface area contributed by atoms with Gasteiger partial charge in [0.05, 0.1) is 13.2 Å². The Balaban J connectivity index is 1.82. The average Bonchev–Trinajstić information content (AvgIpc) is 2.60. The van der Waals surface area contributed by atoms with E-state index in [1.807, 2.05) is 61.5 Å². The fourth-order valence-electron chi connectivity index (χ4n) is 2.31. The molecule has 1 atom stereocenters. The Morgan fingerprint density at radius 1 is 1.12 bits per heavy atom. The van der Waals surface area contributed by atoms with Crippen molar-refractivity contribution in [2.45, 2.75) is 26.0 Å². The smallest absolute Gasteiger partial charge is 0.315 e. The van der Waals surface area contributed by atoms with Gasteiger partial charge in [0.25, 0.3) is 0 Å². The van der Waals surface area contributed by atoms with Gasteiger partial charge in [-0.15, -0.1) is 0 Å². The molecule has 24 heavy (non-hydrogen) atoms. The summed E-state index contributed by atoms with van der Waals surface area (Å²) in [4.78, 5) is 11.9. The van der Waals surface area contributed by atoms with Crippen molar-refractivity contribution in [3.63, 3.8) is 0 Å². The largest absolute Gasteiger partial charge is 0.494 e. The van der Waals surface area contributed by atoms with E-state index in [2.05, 4.69) is 10.6 Å². The van der Waals surface area contributed by atoms with E-state index >= 15 is 0 Å². The van der Waals surface area contributed by atoms with E-state index in [4.69, 9.17) is 4.74 Å². The number of carbonyl (C=O) groups excluding carboxylic acids is 1. The Labute approximate surface area is 142 Å². The van der Waals surface area contributed by atoms with Crippen LogP contribution in [-0.2, 0) is 12.1 Å². The molecule has 0 aliphatic heterocycles. The van der Waals surface area contributed by atoms with Crippen LogP contribution in [0.5, 0.6) is 5.75 Å². The van der Waals surface area contributed by atoms with E-state index in [0.717, 1.165) is 16.9 Å². The number of amides is 2. The summed E-state index contributed by atoms with van der Waals surface area (Å²) in [5, 5.41) is 15.9. The molecular formula is C19H24N2O3. The monoisotopic (exact) mass is 328 g/mol. The van der Waals surface area contributed by atoms with Crippen LogP contribution in [0.15, 0.2) is 54.6 Å². The van der Waals surface area contributed by atoms with Crippen LogP contribution in [0.4, 0.5) is 4.79 Å². The first-order valence-corrected chi connectivity index (χ1v) is 8.02. The highest BCUT2D eigenvalue weighted by atomic mass is 16.5. The lowest BCUT2D eigenvalue weighted by Crippen LogP contribution is -2.43. The molecular weight excluding hydrogens is 304 g/mol. The Morgan fingerprint density at radius 2 is 1.88 bits per heavy atom. The highest BCUT2D eigenvalue weighted by Gasteiger charge is 2.23. The van der Waals surface area contributed by atoms with E-state index in [9.17, 15) is 9.90 Å². The molecule has 0 fully saturated rings. The maximum atomic E-state index is 11.9. The molecule has 0 bridgehead atoms. The van der Waals surface area contributed by atoms with Crippen LogP contribution < -0.4 is 15.4 Å². The van der Waals surface area contributed by atoms with Crippen LogP contribution in [0.1, 0.15) is 25.0 Å². The van der Waals surface area contributed by atoms with Gasteiger partial charge in [0, 0.05) is 6.54 Å². The fraction of sp³-hybridized carbons (Fsp3) is 0.316. The zero-order valence-corrected chi connectivity index (χ0v) is 14.1. The molecule has 0 saturated carbocycles. The second-order valence-corrected chi connectivity index (χ2v) is 5.76. The van der Waals surface area contributed by atoms with Crippen LogP contribution in [-0.4, -0.2) is 24.3 Å². The summed E-state index contributed by atoms with van der Waals surface area (Å²) in [6.45, 7) is 4.72. The lowest BCUT2D eigenvalue weighted by Gasteiger charge is -2.24. The van der Waals surface area contributed by atoms with Crippen molar-refractivity contribution in [2.24, 2.45) is 0 Å². The standard InChI is InChI=1S/C19H24N2O3/c1-3-24-17-11-7-8-15(12-17)13-20-18(22)21-14-19(2,23)16-9-5-4-6-10-16/h4-12,23H,3,13-14H2,1-2H3,(H2,20,21,22). The van der Waals surface area contributed by atoms with Gasteiger partial charge < -0.3 is 20.5 Å². The van der Waals surface area contributed by atoms with Crippen molar-refractivity contribution < 1.29 is 14.6 Å². The number of aliphatic hydroxyl groups is 1. The highest BCUT2D eigenvalue weighted by molar-refractivity contribution is 5.73. The molecule has 0 aliphatic carbocycles. The summed E-state index contributed by atoms with van der Waals surface area (Å²) >= 11 is 0. The maximum absolute atomic E-state index is 11.9. The van der Waals surface area contributed by atoms with E-state index in [-0.39, 0.29) is 12.6 Å². The molecule has 2 aromatic rings. The number of rotatable bonds is 7. The second kappa shape index (κ2) is 8.36.